The molecule has 1 aliphatic heterocycles. The predicted octanol–water partition coefficient (Wildman–Crippen LogP) is 1.40. The summed E-state index contributed by atoms with van der Waals surface area (Å²) < 4.78 is 7.19. The summed E-state index contributed by atoms with van der Waals surface area (Å²) in [6.07, 6.45) is 3.13. The van der Waals surface area contributed by atoms with Crippen molar-refractivity contribution < 1.29 is 4.74 Å². The molecule has 0 spiro atoms. The lowest BCUT2D eigenvalue weighted by Crippen LogP contribution is -2.23. The number of nitrogens with two attached hydrogens (primary N) is 1. The Labute approximate surface area is 102 Å². The smallest absolute Gasteiger partial charge is 0.147 e. The Bertz CT molecular complexity index is 369. The molecule has 0 radical (unpaired) electrons. The van der Waals surface area contributed by atoms with Crippen LogP contribution in [0.2, 0.25) is 0 Å². The highest BCUT2D eigenvalue weighted by Crippen LogP contribution is 2.23. The second-order valence-corrected chi connectivity index (χ2v) is 4.62. The standard InChI is InChI=1S/C12H22N4O/c1-3-10-11(13)12(16(2)15-10)14-8-9-4-6-17-7-5-9/h9,14H,3-8,13H2,1-2H3. The maximum absolute atomic E-state index is 6.06. The van der Waals surface area contributed by atoms with Crippen LogP contribution < -0.4 is 11.1 Å². The van der Waals surface area contributed by atoms with E-state index in [-0.39, 0.29) is 0 Å². The van der Waals surface area contributed by atoms with Gasteiger partial charge in [-0.05, 0) is 25.2 Å². The maximum atomic E-state index is 6.06. The number of hydrogen-bond acceptors (Lipinski definition) is 4. The number of aryl methyl sites for hydroxylation is 2. The number of nitrogens with one attached hydrogen (secondary N) is 1. The predicted molar refractivity (Wildman–Crippen MR) is 69.0 cm³/mol. The van der Waals surface area contributed by atoms with Crippen LogP contribution in [0.3, 0.4) is 0 Å². The van der Waals surface area contributed by atoms with Crippen molar-refractivity contribution in [3.63, 3.8) is 0 Å². The summed E-state index contributed by atoms with van der Waals surface area (Å²) in [5.74, 6) is 1.64. The molecule has 0 saturated carbocycles. The SMILES string of the molecule is CCc1nn(C)c(NCC2CCOCC2)c1N. The molecule has 1 saturated heterocycles. The fraction of sp³-hybridized carbons (Fsp3) is 0.750. The highest BCUT2D eigenvalue weighted by molar-refractivity contribution is 5.64. The first-order valence-electron chi connectivity index (χ1n) is 6.35. The molecule has 3 N–H and O–H groups in total. The van der Waals surface area contributed by atoms with E-state index < -0.39 is 0 Å². The molecule has 0 aromatic carbocycles. The second kappa shape index (κ2) is 5.40. The van der Waals surface area contributed by atoms with E-state index in [0.717, 1.165) is 56.2 Å². The van der Waals surface area contributed by atoms with Gasteiger partial charge in [0.05, 0.1) is 11.4 Å². The zero-order chi connectivity index (χ0) is 12.3. The molecule has 0 bridgehead atoms. The summed E-state index contributed by atoms with van der Waals surface area (Å²) in [5.41, 5.74) is 7.83. The average Bonchev–Trinajstić information content (AvgIpc) is 2.63. The highest BCUT2D eigenvalue weighted by Gasteiger charge is 2.16. The Morgan fingerprint density at radius 3 is 2.76 bits per heavy atom. The van der Waals surface area contributed by atoms with Gasteiger partial charge >= 0.3 is 0 Å². The van der Waals surface area contributed by atoms with Crippen LogP contribution in [0.5, 0.6) is 0 Å². The van der Waals surface area contributed by atoms with Crippen molar-refractivity contribution in [2.45, 2.75) is 26.2 Å². The molecule has 0 atom stereocenters. The third-order valence-corrected chi connectivity index (χ3v) is 3.39. The molecule has 0 aliphatic carbocycles. The molecule has 2 rings (SSSR count). The summed E-state index contributed by atoms with van der Waals surface area (Å²) in [4.78, 5) is 0. The molecular formula is C12H22N4O. The molecule has 1 fully saturated rings. The van der Waals surface area contributed by atoms with Crippen LogP contribution in [-0.4, -0.2) is 29.5 Å². The van der Waals surface area contributed by atoms with Crippen LogP contribution in [-0.2, 0) is 18.2 Å². The molecule has 1 aliphatic rings. The molecule has 2 heterocycles. The van der Waals surface area contributed by atoms with Gasteiger partial charge in [0.25, 0.3) is 0 Å². The molecule has 0 amide bonds. The maximum Gasteiger partial charge on any atom is 0.147 e. The first kappa shape index (κ1) is 12.2. The lowest BCUT2D eigenvalue weighted by atomic mass is 10.0. The van der Waals surface area contributed by atoms with Crippen molar-refractivity contribution in [3.05, 3.63) is 5.69 Å². The molecular weight excluding hydrogens is 216 g/mol. The quantitative estimate of drug-likeness (QED) is 0.832. The Morgan fingerprint density at radius 2 is 2.18 bits per heavy atom. The fourth-order valence-electron chi connectivity index (χ4n) is 2.26. The van der Waals surface area contributed by atoms with Crippen molar-refractivity contribution in [1.82, 2.24) is 9.78 Å². The Morgan fingerprint density at radius 1 is 1.47 bits per heavy atom. The van der Waals surface area contributed by atoms with Gasteiger partial charge in [0.15, 0.2) is 0 Å². The average molecular weight is 238 g/mol. The first-order chi connectivity index (χ1) is 8.22. The topological polar surface area (TPSA) is 65.1 Å². The van der Waals surface area contributed by atoms with E-state index in [2.05, 4.69) is 17.3 Å². The van der Waals surface area contributed by atoms with Gasteiger partial charge in [-0.2, -0.15) is 5.10 Å². The van der Waals surface area contributed by atoms with Crippen molar-refractivity contribution in [2.75, 3.05) is 30.8 Å². The van der Waals surface area contributed by atoms with E-state index >= 15 is 0 Å². The summed E-state index contributed by atoms with van der Waals surface area (Å²) in [6.45, 7) is 4.79. The lowest BCUT2D eigenvalue weighted by molar-refractivity contribution is 0.0699. The van der Waals surface area contributed by atoms with E-state index in [0.29, 0.717) is 5.92 Å². The number of rotatable bonds is 4. The lowest BCUT2D eigenvalue weighted by Gasteiger charge is -2.22. The minimum absolute atomic E-state index is 0.683. The Balaban J connectivity index is 1.95. The Kier molecular flexibility index (Phi) is 3.89. The van der Waals surface area contributed by atoms with E-state index in [1.165, 1.54) is 0 Å². The number of anilines is 2. The summed E-state index contributed by atoms with van der Waals surface area (Å²) in [5, 5.41) is 7.82. The van der Waals surface area contributed by atoms with E-state index in [9.17, 15) is 0 Å². The third kappa shape index (κ3) is 2.72. The van der Waals surface area contributed by atoms with Gasteiger partial charge in [-0.25, -0.2) is 0 Å². The van der Waals surface area contributed by atoms with Gasteiger partial charge in [-0.3, -0.25) is 4.68 Å². The van der Waals surface area contributed by atoms with Crippen molar-refractivity contribution in [1.29, 1.82) is 0 Å². The fourth-order valence-corrected chi connectivity index (χ4v) is 2.26. The van der Waals surface area contributed by atoms with E-state index in [1.807, 2.05) is 11.7 Å². The van der Waals surface area contributed by atoms with E-state index in [1.54, 1.807) is 0 Å². The normalized spacial score (nSPS) is 17.3. The van der Waals surface area contributed by atoms with Gasteiger partial charge in [-0.1, -0.05) is 6.92 Å². The van der Waals surface area contributed by atoms with E-state index in [4.69, 9.17) is 10.5 Å². The molecule has 1 aromatic rings. The second-order valence-electron chi connectivity index (χ2n) is 4.62. The van der Waals surface area contributed by atoms with Crippen molar-refractivity contribution >= 4 is 11.5 Å². The summed E-state index contributed by atoms with van der Waals surface area (Å²) in [6, 6.07) is 0. The molecule has 5 nitrogen and oxygen atoms in total. The van der Waals surface area contributed by atoms with Crippen LogP contribution in [0.25, 0.3) is 0 Å². The number of aromatic nitrogens is 2. The first-order valence-corrected chi connectivity index (χ1v) is 6.35. The molecule has 96 valence electrons. The van der Waals surface area contributed by atoms with Gasteiger partial charge < -0.3 is 15.8 Å². The zero-order valence-electron chi connectivity index (χ0n) is 10.7. The largest absolute Gasteiger partial charge is 0.394 e. The highest BCUT2D eigenvalue weighted by atomic mass is 16.5. The minimum Gasteiger partial charge on any atom is -0.394 e. The summed E-state index contributed by atoms with van der Waals surface area (Å²) >= 11 is 0. The molecule has 1 aromatic heterocycles. The molecule has 5 heteroatoms. The zero-order valence-corrected chi connectivity index (χ0v) is 10.7. The van der Waals surface area contributed by atoms with Crippen LogP contribution in [0.4, 0.5) is 11.5 Å². The number of hydrogen-bond donors (Lipinski definition) is 2. The summed E-state index contributed by atoms with van der Waals surface area (Å²) in [7, 11) is 1.93. The minimum atomic E-state index is 0.683. The van der Waals surface area contributed by atoms with Crippen molar-refractivity contribution in [2.24, 2.45) is 13.0 Å². The number of nitrogen functional groups attached to an aromatic ring is 1. The van der Waals surface area contributed by atoms with Gasteiger partial charge in [0.1, 0.15) is 5.82 Å². The van der Waals surface area contributed by atoms with Crippen LogP contribution in [0, 0.1) is 5.92 Å². The number of nitrogens with zero attached hydrogens (tertiary/aromatic N) is 2. The van der Waals surface area contributed by atoms with Crippen LogP contribution >= 0.6 is 0 Å². The van der Waals surface area contributed by atoms with Crippen LogP contribution in [0.1, 0.15) is 25.5 Å². The third-order valence-electron chi connectivity index (χ3n) is 3.39. The molecule has 17 heavy (non-hydrogen) atoms. The van der Waals surface area contributed by atoms with Gasteiger partial charge in [0, 0.05) is 26.8 Å². The molecule has 0 unspecified atom stereocenters. The van der Waals surface area contributed by atoms with Crippen LogP contribution in [0.15, 0.2) is 0 Å². The van der Waals surface area contributed by atoms with Crippen molar-refractivity contribution in [3.8, 4) is 0 Å². The monoisotopic (exact) mass is 238 g/mol. The van der Waals surface area contributed by atoms with Gasteiger partial charge in [-0.15, -0.1) is 0 Å². The number of ether oxygens (including phenoxy) is 1. The Hall–Kier alpha value is -1.23. The van der Waals surface area contributed by atoms with Gasteiger partial charge in [0.2, 0.25) is 0 Å².